The Morgan fingerprint density at radius 2 is 1.68 bits per heavy atom. The first-order chi connectivity index (χ1) is 9.04. The fourth-order valence-electron chi connectivity index (χ4n) is 2.23. The molecule has 2 aromatic rings. The van der Waals surface area contributed by atoms with E-state index < -0.39 is 13.1 Å². The molecule has 0 fully saturated rings. The number of rotatable bonds is 4. The summed E-state index contributed by atoms with van der Waals surface area (Å²) in [7, 11) is 4.21. The molecular formula is C15H15BO2P. The molecule has 0 saturated heterocycles. The third-order valence-corrected chi connectivity index (χ3v) is 6.50. The lowest BCUT2D eigenvalue weighted by atomic mass is 10.2. The predicted molar refractivity (Wildman–Crippen MR) is 82.1 cm³/mol. The second kappa shape index (κ2) is 5.58. The first-order valence-electron chi connectivity index (χ1n) is 6.04. The number of benzene rings is 2. The van der Waals surface area contributed by atoms with E-state index in [1.165, 1.54) is 0 Å². The Labute approximate surface area is 115 Å². The quantitative estimate of drug-likeness (QED) is 0.682. The van der Waals surface area contributed by atoms with Gasteiger partial charge in [0.05, 0.1) is 5.30 Å². The molecule has 0 aromatic heterocycles. The van der Waals surface area contributed by atoms with Crippen LogP contribution in [-0.2, 0) is 4.79 Å². The molecule has 95 valence electrons. The molecule has 2 aromatic carbocycles. The van der Waals surface area contributed by atoms with Gasteiger partial charge in [-0.1, -0.05) is 36.4 Å². The highest BCUT2D eigenvalue weighted by atomic mass is 31.2. The Morgan fingerprint density at radius 1 is 1.11 bits per heavy atom. The summed E-state index contributed by atoms with van der Waals surface area (Å²) in [5.41, 5.74) is 1.04. The molecule has 0 amide bonds. The van der Waals surface area contributed by atoms with Crippen LogP contribution in [0.3, 0.4) is 0 Å². The molecule has 19 heavy (non-hydrogen) atoms. The number of hydrogen-bond donors (Lipinski definition) is 1. The van der Waals surface area contributed by atoms with Crippen LogP contribution in [0.4, 0.5) is 0 Å². The molecule has 4 heteroatoms. The van der Waals surface area contributed by atoms with Gasteiger partial charge in [0.1, 0.15) is 6.16 Å². The standard InChI is InChI=1S/C15H14BO2P/c1-12-7-5-6-10-14(12)19(16,11-15(17)18)13-8-3-2-4-9-13/h2-10H,11H2,1H3/q-1/p+1. The lowest BCUT2D eigenvalue weighted by molar-refractivity contribution is -0.134. The zero-order valence-corrected chi connectivity index (χ0v) is 11.7. The first-order valence-corrected chi connectivity index (χ1v) is 8.08. The van der Waals surface area contributed by atoms with Gasteiger partial charge in [0.15, 0.2) is 0 Å². The van der Waals surface area contributed by atoms with Gasteiger partial charge in [-0.25, -0.2) is 4.79 Å². The molecule has 2 rings (SSSR count). The molecular weight excluding hydrogens is 254 g/mol. The van der Waals surface area contributed by atoms with Gasteiger partial charge in [0.2, 0.25) is 0 Å². The van der Waals surface area contributed by atoms with Crippen LogP contribution in [0.2, 0.25) is 0 Å². The highest BCUT2D eigenvalue weighted by Crippen LogP contribution is 2.51. The Balaban J connectivity index is 2.59. The number of carbonyl (C=O) groups is 1. The summed E-state index contributed by atoms with van der Waals surface area (Å²) < 4.78 is 0. The van der Waals surface area contributed by atoms with E-state index in [9.17, 15) is 9.90 Å². The van der Waals surface area contributed by atoms with Crippen molar-refractivity contribution in [3.05, 3.63) is 60.2 Å². The van der Waals surface area contributed by atoms with Gasteiger partial charge in [-0.15, -0.1) is 0 Å². The molecule has 0 saturated carbocycles. The van der Waals surface area contributed by atoms with Crippen molar-refractivity contribution in [3.63, 3.8) is 0 Å². The average molecular weight is 269 g/mol. The number of aliphatic carboxylic acids is 1. The van der Waals surface area contributed by atoms with Gasteiger partial charge >= 0.3 is 5.97 Å². The summed E-state index contributed by atoms with van der Waals surface area (Å²) in [6, 6.07) is 17.3. The van der Waals surface area contributed by atoms with Gasteiger partial charge in [-0.05, 0) is 30.7 Å². The van der Waals surface area contributed by atoms with Crippen molar-refractivity contribution in [2.45, 2.75) is 6.92 Å². The highest BCUT2D eigenvalue weighted by molar-refractivity contribution is 8.09. The molecule has 0 heterocycles. The topological polar surface area (TPSA) is 37.3 Å². The van der Waals surface area contributed by atoms with E-state index in [-0.39, 0.29) is 6.16 Å². The van der Waals surface area contributed by atoms with E-state index in [4.69, 9.17) is 7.57 Å². The SMILES string of the molecule is [B-][P+](CC(=O)O)(c1ccccc1)c1ccccc1C. The minimum atomic E-state index is -2.37. The second-order valence-electron chi connectivity index (χ2n) is 4.54. The van der Waals surface area contributed by atoms with Crippen LogP contribution >= 0.6 is 7.14 Å². The van der Waals surface area contributed by atoms with Crippen LogP contribution in [0.15, 0.2) is 54.6 Å². The molecule has 1 N–H and O–H groups in total. The monoisotopic (exact) mass is 269 g/mol. The minimum absolute atomic E-state index is 0.0259. The Bertz CT molecular complexity index is 586. The van der Waals surface area contributed by atoms with Gasteiger partial charge < -0.3 is 5.11 Å². The van der Waals surface area contributed by atoms with E-state index in [2.05, 4.69) is 0 Å². The normalized spacial score (nSPS) is 13.8. The van der Waals surface area contributed by atoms with Gasteiger partial charge in [0, 0.05) is 5.30 Å². The molecule has 3 radical (unpaired) electrons. The molecule has 1 unspecified atom stereocenters. The van der Waals surface area contributed by atoms with Crippen LogP contribution in [0.5, 0.6) is 0 Å². The molecule has 0 aliphatic heterocycles. The van der Waals surface area contributed by atoms with Crippen molar-refractivity contribution in [1.29, 1.82) is 0 Å². The van der Waals surface area contributed by atoms with E-state index >= 15 is 0 Å². The van der Waals surface area contributed by atoms with E-state index in [0.717, 1.165) is 16.2 Å². The lowest BCUT2D eigenvalue weighted by Crippen LogP contribution is -2.29. The Kier molecular flexibility index (Phi) is 4.06. The zero-order chi connectivity index (χ0) is 13.9. The number of carboxylic acids is 1. The summed E-state index contributed by atoms with van der Waals surface area (Å²) in [6.45, 7) is 1.97. The summed E-state index contributed by atoms with van der Waals surface area (Å²) in [5.74, 6) is -0.858. The lowest BCUT2D eigenvalue weighted by Gasteiger charge is -2.36. The van der Waals surface area contributed by atoms with Crippen molar-refractivity contribution in [3.8, 4) is 0 Å². The zero-order valence-electron chi connectivity index (χ0n) is 10.8. The van der Waals surface area contributed by atoms with E-state index in [0.29, 0.717) is 0 Å². The van der Waals surface area contributed by atoms with Crippen molar-refractivity contribution in [2.24, 2.45) is 0 Å². The summed E-state index contributed by atoms with van der Waals surface area (Å²) in [6.07, 6.45) is -0.0259. The van der Waals surface area contributed by atoms with Crippen LogP contribution in [0.25, 0.3) is 0 Å². The largest absolute Gasteiger partial charge is 0.479 e. The van der Waals surface area contributed by atoms with Crippen molar-refractivity contribution in [2.75, 3.05) is 6.16 Å². The molecule has 0 aliphatic carbocycles. The van der Waals surface area contributed by atoms with Crippen molar-refractivity contribution < 1.29 is 9.90 Å². The highest BCUT2D eigenvalue weighted by Gasteiger charge is 2.28. The molecule has 0 bridgehead atoms. The smallest absolute Gasteiger partial charge is 0.337 e. The van der Waals surface area contributed by atoms with Crippen LogP contribution < -0.4 is 10.6 Å². The summed E-state index contributed by atoms with van der Waals surface area (Å²) >= 11 is 0. The fraction of sp³-hybridized carbons (Fsp3) is 0.133. The summed E-state index contributed by atoms with van der Waals surface area (Å²) in [4.78, 5) is 11.2. The van der Waals surface area contributed by atoms with E-state index in [1.807, 2.05) is 61.5 Å². The maximum absolute atomic E-state index is 11.2. The fourth-order valence-corrected chi connectivity index (χ4v) is 5.05. The third-order valence-electron chi connectivity index (χ3n) is 3.15. The summed E-state index contributed by atoms with van der Waals surface area (Å²) in [5, 5.41) is 11.1. The van der Waals surface area contributed by atoms with Crippen molar-refractivity contribution in [1.82, 2.24) is 0 Å². The first kappa shape index (κ1) is 13.8. The second-order valence-corrected chi connectivity index (χ2v) is 7.59. The molecule has 0 aliphatic rings. The third kappa shape index (κ3) is 2.88. The molecule has 1 atom stereocenters. The minimum Gasteiger partial charge on any atom is -0.479 e. The van der Waals surface area contributed by atoms with Crippen molar-refractivity contribution >= 4 is 31.3 Å². The average Bonchev–Trinajstić information content (AvgIpc) is 2.39. The van der Waals surface area contributed by atoms with E-state index in [1.54, 1.807) is 0 Å². The number of hydrogen-bond acceptors (Lipinski definition) is 1. The van der Waals surface area contributed by atoms with Crippen LogP contribution in [0, 0.1) is 6.92 Å². The van der Waals surface area contributed by atoms with Gasteiger partial charge in [-0.3, -0.25) is 7.57 Å². The Morgan fingerprint density at radius 3 is 2.26 bits per heavy atom. The van der Waals surface area contributed by atoms with Crippen LogP contribution in [-0.4, -0.2) is 24.8 Å². The van der Waals surface area contributed by atoms with Gasteiger partial charge in [-0.2, -0.15) is 7.14 Å². The maximum atomic E-state index is 11.2. The molecule has 2 nitrogen and oxygen atoms in total. The molecule has 0 spiro atoms. The van der Waals surface area contributed by atoms with Gasteiger partial charge in [0.25, 0.3) is 0 Å². The number of carboxylic acid groups (broad SMARTS) is 1. The number of aryl methyl sites for hydroxylation is 1. The Hall–Kier alpha value is -1.60. The predicted octanol–water partition coefficient (Wildman–Crippen LogP) is 2.13. The maximum Gasteiger partial charge on any atom is 0.337 e. The van der Waals surface area contributed by atoms with Crippen LogP contribution in [0.1, 0.15) is 5.56 Å².